The van der Waals surface area contributed by atoms with Crippen molar-refractivity contribution in [3.05, 3.63) is 40.6 Å². The van der Waals surface area contributed by atoms with Crippen LogP contribution in [0.5, 0.6) is 0 Å². The summed E-state index contributed by atoms with van der Waals surface area (Å²) in [7, 11) is -1.98. The third-order valence-electron chi connectivity index (χ3n) is 2.68. The lowest BCUT2D eigenvalue weighted by atomic mass is 10.2. The monoisotopic (exact) mass is 360 g/mol. The molecule has 0 spiro atoms. The molecule has 0 saturated heterocycles. The van der Waals surface area contributed by atoms with E-state index < -0.39 is 9.84 Å². The van der Waals surface area contributed by atoms with Crippen LogP contribution in [0.3, 0.4) is 0 Å². The molecular formula is C15H20O4S3. The number of hydrogen-bond donors (Lipinski definition) is 0. The van der Waals surface area contributed by atoms with Gasteiger partial charge >= 0.3 is 5.97 Å². The summed E-state index contributed by atoms with van der Waals surface area (Å²) in [4.78, 5) is 11.2. The molecule has 0 heterocycles. The Morgan fingerprint density at radius 2 is 1.91 bits per heavy atom. The zero-order chi connectivity index (χ0) is 16.4. The first-order chi connectivity index (χ1) is 10.5. The fourth-order valence-corrected chi connectivity index (χ4v) is 4.42. The average molecular weight is 361 g/mol. The third kappa shape index (κ3) is 7.38. The van der Waals surface area contributed by atoms with Crippen molar-refractivity contribution in [2.75, 3.05) is 24.4 Å². The van der Waals surface area contributed by atoms with Crippen LogP contribution in [0.2, 0.25) is 0 Å². The second-order valence-electron chi connectivity index (χ2n) is 4.48. The molecule has 22 heavy (non-hydrogen) atoms. The van der Waals surface area contributed by atoms with Crippen molar-refractivity contribution in [3.8, 4) is 0 Å². The van der Waals surface area contributed by atoms with E-state index in [9.17, 15) is 13.2 Å². The number of sulfone groups is 1. The number of rotatable bonds is 9. The molecule has 0 amide bonds. The number of thioether (sulfide) groups is 2. The van der Waals surface area contributed by atoms with Gasteiger partial charge in [0.05, 0.1) is 17.8 Å². The Morgan fingerprint density at radius 3 is 2.55 bits per heavy atom. The normalized spacial score (nSPS) is 11.7. The molecule has 1 aromatic carbocycles. The lowest BCUT2D eigenvalue weighted by Crippen LogP contribution is -2.03. The van der Waals surface area contributed by atoms with Gasteiger partial charge in [0.2, 0.25) is 0 Å². The molecule has 0 aromatic heterocycles. The van der Waals surface area contributed by atoms with E-state index >= 15 is 0 Å². The van der Waals surface area contributed by atoms with Crippen LogP contribution in [0.15, 0.2) is 40.0 Å². The van der Waals surface area contributed by atoms with Crippen molar-refractivity contribution < 1.29 is 17.9 Å². The molecule has 4 nitrogen and oxygen atoms in total. The number of carbonyl (C=O) groups excluding carboxylic acids is 1. The van der Waals surface area contributed by atoms with Gasteiger partial charge in [0.1, 0.15) is 0 Å². The Morgan fingerprint density at radius 1 is 1.23 bits per heavy atom. The second kappa shape index (κ2) is 9.97. The summed E-state index contributed by atoms with van der Waals surface area (Å²) in [5.74, 6) is 1.80. The number of carbonyl (C=O) groups is 1. The van der Waals surface area contributed by atoms with Gasteiger partial charge in [-0.3, -0.25) is 4.79 Å². The van der Waals surface area contributed by atoms with E-state index in [-0.39, 0.29) is 5.97 Å². The molecule has 0 saturated carbocycles. The first-order valence-electron chi connectivity index (χ1n) is 6.70. The summed E-state index contributed by atoms with van der Waals surface area (Å²) in [6.07, 6.45) is 0.904. The Kier molecular flexibility index (Phi) is 8.67. The molecule has 122 valence electrons. The minimum Gasteiger partial charge on any atom is -0.468 e. The summed E-state index contributed by atoms with van der Waals surface area (Å²) < 4.78 is 28.6. The first kappa shape index (κ1) is 19.1. The van der Waals surface area contributed by atoms with E-state index in [1.165, 1.54) is 36.0 Å². The highest BCUT2D eigenvalue weighted by atomic mass is 32.2. The molecule has 0 unspecified atom stereocenters. The van der Waals surface area contributed by atoms with Gasteiger partial charge in [-0.1, -0.05) is 17.7 Å². The van der Waals surface area contributed by atoms with Crippen LogP contribution in [-0.2, 0) is 19.4 Å². The highest BCUT2D eigenvalue weighted by molar-refractivity contribution is 8.03. The standard InChI is InChI=1S/C15H20O4S3/c1-13-4-6-14(7-5-13)22(17,18)11-10-20-8-3-9-21-12-15(16)19-2/h4-7,10-11H,3,8-9,12H2,1-2H3/b11-10+. The lowest BCUT2D eigenvalue weighted by Gasteiger charge is -2.00. The van der Waals surface area contributed by atoms with Crippen molar-refractivity contribution in [1.82, 2.24) is 0 Å². The molecule has 1 aromatic rings. The van der Waals surface area contributed by atoms with Gasteiger partial charge in [-0.15, -0.1) is 11.8 Å². The molecule has 1 rings (SSSR count). The van der Waals surface area contributed by atoms with Crippen LogP contribution in [0.4, 0.5) is 0 Å². The molecule has 0 bridgehead atoms. The van der Waals surface area contributed by atoms with E-state index in [2.05, 4.69) is 4.74 Å². The average Bonchev–Trinajstić information content (AvgIpc) is 2.50. The predicted molar refractivity (Wildman–Crippen MR) is 93.9 cm³/mol. The maximum absolute atomic E-state index is 12.0. The number of esters is 1. The molecule has 0 fully saturated rings. The van der Waals surface area contributed by atoms with Gasteiger partial charge in [-0.25, -0.2) is 8.42 Å². The Bertz CT molecular complexity index is 592. The topological polar surface area (TPSA) is 60.4 Å². The largest absolute Gasteiger partial charge is 0.468 e. The fourth-order valence-electron chi connectivity index (χ4n) is 1.45. The highest BCUT2D eigenvalue weighted by Gasteiger charge is 2.09. The Balaban J connectivity index is 2.27. The Labute approximate surface area is 140 Å². The smallest absolute Gasteiger partial charge is 0.315 e. The Hall–Kier alpha value is -0.920. The van der Waals surface area contributed by atoms with Crippen molar-refractivity contribution in [3.63, 3.8) is 0 Å². The molecule has 0 aliphatic carbocycles. The molecule has 0 atom stereocenters. The summed E-state index contributed by atoms with van der Waals surface area (Å²) in [5, 5.41) is 2.85. The number of methoxy groups -OCH3 is 1. The van der Waals surface area contributed by atoms with Crippen LogP contribution in [0.25, 0.3) is 0 Å². The quantitative estimate of drug-likeness (QED) is 0.497. The van der Waals surface area contributed by atoms with Crippen LogP contribution in [0.1, 0.15) is 12.0 Å². The number of benzene rings is 1. The van der Waals surface area contributed by atoms with E-state index in [4.69, 9.17) is 0 Å². The van der Waals surface area contributed by atoms with Crippen LogP contribution in [-0.4, -0.2) is 38.8 Å². The highest BCUT2D eigenvalue weighted by Crippen LogP contribution is 2.16. The van der Waals surface area contributed by atoms with E-state index in [1.807, 2.05) is 6.92 Å². The van der Waals surface area contributed by atoms with Gasteiger partial charge in [-0.2, -0.15) is 11.8 Å². The fraction of sp³-hybridized carbons (Fsp3) is 0.400. The summed E-state index contributed by atoms with van der Waals surface area (Å²) >= 11 is 2.97. The van der Waals surface area contributed by atoms with Crippen LogP contribution >= 0.6 is 23.5 Å². The van der Waals surface area contributed by atoms with E-state index in [0.717, 1.165) is 23.5 Å². The number of aryl methyl sites for hydroxylation is 1. The summed E-state index contributed by atoms with van der Waals surface area (Å²) in [6, 6.07) is 6.80. The van der Waals surface area contributed by atoms with E-state index in [1.54, 1.807) is 29.7 Å². The zero-order valence-corrected chi connectivity index (χ0v) is 15.1. The lowest BCUT2D eigenvalue weighted by molar-refractivity contribution is -0.137. The number of hydrogen-bond acceptors (Lipinski definition) is 6. The maximum Gasteiger partial charge on any atom is 0.315 e. The van der Waals surface area contributed by atoms with Crippen molar-refractivity contribution in [1.29, 1.82) is 0 Å². The van der Waals surface area contributed by atoms with Crippen LogP contribution in [0, 0.1) is 6.92 Å². The molecule has 0 radical (unpaired) electrons. The van der Waals surface area contributed by atoms with Crippen molar-refractivity contribution >= 4 is 39.3 Å². The van der Waals surface area contributed by atoms with Crippen molar-refractivity contribution in [2.45, 2.75) is 18.2 Å². The van der Waals surface area contributed by atoms with Crippen LogP contribution < -0.4 is 0 Å². The summed E-state index contributed by atoms with van der Waals surface area (Å²) in [5.41, 5.74) is 1.03. The molecule has 7 heteroatoms. The third-order valence-corrected chi connectivity index (χ3v) is 6.14. The van der Waals surface area contributed by atoms with Gasteiger partial charge in [-0.05, 0) is 42.4 Å². The molecule has 0 aliphatic heterocycles. The van der Waals surface area contributed by atoms with Gasteiger partial charge < -0.3 is 4.74 Å². The SMILES string of the molecule is COC(=O)CSCCCS/C=C/S(=O)(=O)c1ccc(C)cc1. The molecule has 0 aliphatic rings. The minimum absolute atomic E-state index is 0.221. The zero-order valence-electron chi connectivity index (χ0n) is 12.7. The van der Waals surface area contributed by atoms with Crippen molar-refractivity contribution in [2.24, 2.45) is 0 Å². The van der Waals surface area contributed by atoms with E-state index in [0.29, 0.717) is 10.6 Å². The molecular weight excluding hydrogens is 340 g/mol. The van der Waals surface area contributed by atoms with Gasteiger partial charge in [0.25, 0.3) is 0 Å². The second-order valence-corrected chi connectivity index (χ2v) is 8.44. The summed E-state index contributed by atoms with van der Waals surface area (Å²) in [6.45, 7) is 1.92. The maximum atomic E-state index is 12.0. The molecule has 0 N–H and O–H groups in total. The number of ether oxygens (including phenoxy) is 1. The first-order valence-corrected chi connectivity index (χ1v) is 10.4. The van der Waals surface area contributed by atoms with Gasteiger partial charge in [0.15, 0.2) is 9.84 Å². The van der Waals surface area contributed by atoms with Gasteiger partial charge in [0, 0.05) is 5.41 Å². The minimum atomic E-state index is -3.36. The predicted octanol–water partition coefficient (Wildman–Crippen LogP) is 3.27.